The Labute approximate surface area is 198 Å². The zero-order valence-corrected chi connectivity index (χ0v) is 20.6. The smallest absolute Gasteiger partial charge is 0.316 e. The second-order valence-corrected chi connectivity index (χ2v) is 8.95. The lowest BCUT2D eigenvalue weighted by molar-refractivity contribution is -0.144. The fourth-order valence-corrected chi connectivity index (χ4v) is 3.99. The number of para-hydroxylation sites is 1. The monoisotopic (exact) mass is 499 g/mol. The number of alkyl halides is 1. The van der Waals surface area contributed by atoms with Crippen LogP contribution >= 0.6 is 15.9 Å². The van der Waals surface area contributed by atoms with Crippen molar-refractivity contribution < 1.29 is 14.3 Å². The summed E-state index contributed by atoms with van der Waals surface area (Å²) in [5.74, 6) is 0.961. The first-order chi connectivity index (χ1) is 15.3. The lowest BCUT2D eigenvalue weighted by atomic mass is 9.80. The van der Waals surface area contributed by atoms with Gasteiger partial charge < -0.3 is 9.47 Å². The van der Waals surface area contributed by atoms with E-state index in [1.54, 1.807) is 12.1 Å². The third-order valence-corrected chi connectivity index (χ3v) is 5.87. The molecule has 0 fully saturated rings. The van der Waals surface area contributed by atoms with Crippen LogP contribution < -0.4 is 9.47 Å². The van der Waals surface area contributed by atoms with E-state index < -0.39 is 5.41 Å². The topological polar surface area (TPSA) is 84.3 Å². The lowest BCUT2D eigenvalue weighted by Gasteiger charge is -2.29. The van der Waals surface area contributed by atoms with Crippen molar-refractivity contribution in [3.8, 4) is 11.5 Å². The molecule has 1 unspecified atom stereocenters. The normalized spacial score (nSPS) is 12.6. The van der Waals surface area contributed by atoms with E-state index in [9.17, 15) is 4.79 Å². The molecular formula is C25H30BrN3O3. The molecule has 0 radical (unpaired) electrons. The molecule has 6 nitrogen and oxygen atoms in total. The van der Waals surface area contributed by atoms with E-state index in [-0.39, 0.29) is 18.4 Å². The Bertz CT molecular complexity index is 983. The van der Waals surface area contributed by atoms with E-state index >= 15 is 0 Å². The average Bonchev–Trinajstić information content (AvgIpc) is 2.77. The molecule has 2 aromatic carbocycles. The van der Waals surface area contributed by atoms with Crippen LogP contribution in [0.1, 0.15) is 31.4 Å². The van der Waals surface area contributed by atoms with Gasteiger partial charge in [0.15, 0.2) is 0 Å². The number of rotatable bonds is 11. The highest BCUT2D eigenvalue weighted by atomic mass is 79.9. The third kappa shape index (κ3) is 7.74. The molecule has 0 aliphatic rings. The van der Waals surface area contributed by atoms with Crippen molar-refractivity contribution in [2.45, 2.75) is 34.1 Å². The molecular weight excluding hydrogens is 470 g/mol. The molecule has 2 aromatic rings. The zero-order chi connectivity index (χ0) is 23.6. The molecule has 0 aliphatic carbocycles. The number of hydrogen-bond donors (Lipinski definition) is 0. The van der Waals surface area contributed by atoms with E-state index in [1.165, 1.54) is 0 Å². The minimum absolute atomic E-state index is 0.0819. The van der Waals surface area contributed by atoms with Crippen LogP contribution in [0.4, 0.5) is 0 Å². The molecule has 0 saturated heterocycles. The van der Waals surface area contributed by atoms with E-state index in [1.807, 2.05) is 70.2 Å². The fourth-order valence-electron chi connectivity index (χ4n) is 3.31. The summed E-state index contributed by atoms with van der Waals surface area (Å²) in [7, 11) is 0. The number of azide groups is 1. The van der Waals surface area contributed by atoms with E-state index in [0.717, 1.165) is 22.4 Å². The van der Waals surface area contributed by atoms with Gasteiger partial charge in [0.25, 0.3) is 0 Å². The summed E-state index contributed by atoms with van der Waals surface area (Å²) >= 11 is 3.54. The van der Waals surface area contributed by atoms with Crippen molar-refractivity contribution in [2.24, 2.45) is 16.4 Å². The summed E-state index contributed by atoms with van der Waals surface area (Å²) in [6.45, 7) is 8.42. The minimum Gasteiger partial charge on any atom is -0.493 e. The molecule has 32 heavy (non-hydrogen) atoms. The van der Waals surface area contributed by atoms with Gasteiger partial charge >= 0.3 is 5.97 Å². The molecule has 0 N–H and O–H groups in total. The van der Waals surface area contributed by atoms with Crippen LogP contribution in [0, 0.1) is 25.2 Å². The highest BCUT2D eigenvalue weighted by Gasteiger charge is 2.34. The van der Waals surface area contributed by atoms with Gasteiger partial charge in [0.2, 0.25) is 0 Å². The third-order valence-electron chi connectivity index (χ3n) is 5.22. The summed E-state index contributed by atoms with van der Waals surface area (Å²) in [6.07, 6.45) is 2.40. The summed E-state index contributed by atoms with van der Waals surface area (Å²) in [4.78, 5) is 15.8. The number of carbonyl (C=O) groups is 1. The van der Waals surface area contributed by atoms with Crippen LogP contribution in [0.2, 0.25) is 0 Å². The van der Waals surface area contributed by atoms with Crippen molar-refractivity contribution in [3.63, 3.8) is 0 Å². The van der Waals surface area contributed by atoms with Crippen molar-refractivity contribution in [3.05, 3.63) is 81.7 Å². The van der Waals surface area contributed by atoms with Crippen LogP contribution in [0.25, 0.3) is 10.4 Å². The number of carbonyl (C=O) groups excluding carboxylic acids is 1. The SMILES string of the molecule is Cc1ccc(C)c(OCC(CC(C)(C)C(=O)Oc2ccccc2)C(=CCN=[N+]=[N-])CBr)c1. The number of halogens is 1. The molecule has 0 spiro atoms. The van der Waals surface area contributed by atoms with Crippen LogP contribution in [0.3, 0.4) is 0 Å². The predicted octanol–water partition coefficient (Wildman–Crippen LogP) is 6.95. The van der Waals surface area contributed by atoms with Crippen LogP contribution in [-0.4, -0.2) is 24.5 Å². The van der Waals surface area contributed by atoms with Crippen LogP contribution in [0.15, 0.2) is 65.3 Å². The first-order valence-corrected chi connectivity index (χ1v) is 11.6. The van der Waals surface area contributed by atoms with Crippen molar-refractivity contribution >= 4 is 21.9 Å². The molecule has 0 amide bonds. The largest absolute Gasteiger partial charge is 0.493 e. The van der Waals surface area contributed by atoms with Crippen molar-refractivity contribution in [2.75, 3.05) is 18.5 Å². The Hall–Kier alpha value is -2.76. The Morgan fingerprint density at radius 1 is 1.22 bits per heavy atom. The summed E-state index contributed by atoms with van der Waals surface area (Å²) in [5.41, 5.74) is 11.1. The molecule has 2 rings (SSSR count). The molecule has 0 saturated carbocycles. The Balaban J connectivity index is 2.23. The van der Waals surface area contributed by atoms with E-state index in [0.29, 0.717) is 24.1 Å². The molecule has 0 aromatic heterocycles. The molecule has 7 heteroatoms. The Morgan fingerprint density at radius 2 is 1.94 bits per heavy atom. The standard InChI is InChI=1S/C25H30BrN3O3/c1-18-10-11-19(2)23(14-18)31-17-21(20(16-26)12-13-28-29-27)15-25(3,4)24(30)32-22-8-6-5-7-9-22/h5-12,14,21H,13,15-17H2,1-4H3. The number of nitrogens with zero attached hydrogens (tertiary/aromatic N) is 3. The highest BCUT2D eigenvalue weighted by molar-refractivity contribution is 9.09. The summed E-state index contributed by atoms with van der Waals surface area (Å²) in [6, 6.07) is 15.2. The number of aryl methyl sites for hydroxylation is 2. The van der Waals surface area contributed by atoms with Gasteiger partial charge in [-0.15, -0.1) is 0 Å². The van der Waals surface area contributed by atoms with Crippen LogP contribution in [0.5, 0.6) is 11.5 Å². The quantitative estimate of drug-likeness (QED) is 0.0636. The minimum atomic E-state index is -0.759. The fraction of sp³-hybridized carbons (Fsp3) is 0.400. The first kappa shape index (κ1) is 25.5. The number of hydrogen-bond acceptors (Lipinski definition) is 4. The van der Waals surface area contributed by atoms with Gasteiger partial charge in [0, 0.05) is 22.7 Å². The molecule has 170 valence electrons. The first-order valence-electron chi connectivity index (χ1n) is 10.5. The number of esters is 1. The van der Waals surface area contributed by atoms with E-state index in [4.69, 9.17) is 15.0 Å². The van der Waals surface area contributed by atoms with Gasteiger partial charge in [0.05, 0.1) is 12.0 Å². The Morgan fingerprint density at radius 3 is 2.59 bits per heavy atom. The zero-order valence-electron chi connectivity index (χ0n) is 19.0. The maximum Gasteiger partial charge on any atom is 0.316 e. The maximum atomic E-state index is 13.0. The Kier molecular flexibility index (Phi) is 9.82. The van der Waals surface area contributed by atoms with Gasteiger partial charge in [-0.25, -0.2) is 0 Å². The van der Waals surface area contributed by atoms with Gasteiger partial charge in [-0.05, 0) is 69.0 Å². The molecule has 0 heterocycles. The van der Waals surface area contributed by atoms with E-state index in [2.05, 4.69) is 26.0 Å². The molecule has 0 aliphatic heterocycles. The highest BCUT2D eigenvalue weighted by Crippen LogP contribution is 2.33. The van der Waals surface area contributed by atoms with Gasteiger partial charge in [0.1, 0.15) is 11.5 Å². The second kappa shape index (κ2) is 12.3. The van der Waals surface area contributed by atoms with Crippen molar-refractivity contribution in [1.82, 2.24) is 0 Å². The average molecular weight is 500 g/mol. The van der Waals surface area contributed by atoms with Crippen LogP contribution in [-0.2, 0) is 4.79 Å². The second-order valence-electron chi connectivity index (χ2n) is 8.39. The van der Waals surface area contributed by atoms with Gasteiger partial charge in [-0.1, -0.05) is 63.0 Å². The maximum absolute atomic E-state index is 13.0. The number of ether oxygens (including phenoxy) is 2. The number of benzene rings is 2. The molecule has 0 bridgehead atoms. The van der Waals surface area contributed by atoms with Gasteiger partial charge in [-0.2, -0.15) is 0 Å². The van der Waals surface area contributed by atoms with Crippen molar-refractivity contribution in [1.29, 1.82) is 0 Å². The lowest BCUT2D eigenvalue weighted by Crippen LogP contribution is -2.33. The summed E-state index contributed by atoms with van der Waals surface area (Å²) < 4.78 is 11.8. The summed E-state index contributed by atoms with van der Waals surface area (Å²) in [5, 5.41) is 4.21. The van der Waals surface area contributed by atoms with Gasteiger partial charge in [-0.3, -0.25) is 4.79 Å². The predicted molar refractivity (Wildman–Crippen MR) is 131 cm³/mol. The molecule has 1 atom stereocenters.